The van der Waals surface area contributed by atoms with Crippen LogP contribution in [0.5, 0.6) is 0 Å². The van der Waals surface area contributed by atoms with Crippen LogP contribution < -0.4 is 10.2 Å². The fraction of sp³-hybridized carbons (Fsp3) is 0.500. The molecule has 1 aromatic rings. The Balaban J connectivity index is 1.63. The monoisotopic (exact) mass is 322 g/mol. The normalized spacial score (nSPS) is 26.2. The minimum atomic E-state index is -0.697. The van der Waals surface area contributed by atoms with Gasteiger partial charge in [0.25, 0.3) is 5.91 Å². The largest absolute Gasteiger partial charge is 0.329 e. The zero-order chi connectivity index (χ0) is 15.9. The second-order valence-electron chi connectivity index (χ2n) is 6.56. The summed E-state index contributed by atoms with van der Waals surface area (Å²) in [5.74, 6) is 0.209. The molecule has 1 aliphatic heterocycles. The maximum Gasteiger partial charge on any atom is 0.329 e. The number of hydrogen-bond donors (Lipinski definition) is 2. The first-order valence-electron chi connectivity index (χ1n) is 7.60. The molecule has 0 spiro atoms. The standard InChI is InChI=1S/C16H20ClN3O2/c1-16(12-5-6-12)14(21)20(15(22)18-16)10-19(2)9-11-3-7-13(17)8-4-11/h3-4,7-8,12H,5-6,9-10H2,1-2H3,(H,18,22)/p+1/t16-/m0/s1. The van der Waals surface area contributed by atoms with Crippen LogP contribution in [0.3, 0.4) is 0 Å². The summed E-state index contributed by atoms with van der Waals surface area (Å²) in [7, 11) is 1.97. The third kappa shape index (κ3) is 2.83. The van der Waals surface area contributed by atoms with Crippen molar-refractivity contribution >= 4 is 23.5 Å². The van der Waals surface area contributed by atoms with Crippen LogP contribution in [0.2, 0.25) is 5.02 Å². The third-order valence-electron chi connectivity index (χ3n) is 4.54. The van der Waals surface area contributed by atoms with E-state index in [1.807, 2.05) is 38.2 Å². The van der Waals surface area contributed by atoms with Crippen LogP contribution in [-0.4, -0.2) is 36.1 Å². The van der Waals surface area contributed by atoms with Crippen LogP contribution in [0.1, 0.15) is 25.3 Å². The van der Waals surface area contributed by atoms with E-state index in [9.17, 15) is 9.59 Å². The Labute approximate surface area is 135 Å². The number of amides is 3. The lowest BCUT2D eigenvalue weighted by Gasteiger charge is -2.22. The van der Waals surface area contributed by atoms with Gasteiger partial charge >= 0.3 is 6.03 Å². The molecule has 1 unspecified atom stereocenters. The molecule has 2 N–H and O–H groups in total. The van der Waals surface area contributed by atoms with E-state index in [1.165, 1.54) is 4.90 Å². The molecule has 1 saturated heterocycles. The molecule has 22 heavy (non-hydrogen) atoms. The van der Waals surface area contributed by atoms with Gasteiger partial charge in [-0.2, -0.15) is 0 Å². The smallest absolute Gasteiger partial charge is 0.323 e. The summed E-state index contributed by atoms with van der Waals surface area (Å²) in [5, 5.41) is 3.58. The van der Waals surface area contributed by atoms with Crippen molar-refractivity contribution in [2.45, 2.75) is 31.8 Å². The lowest BCUT2D eigenvalue weighted by Crippen LogP contribution is -3.09. The predicted octanol–water partition coefficient (Wildman–Crippen LogP) is 1.03. The Bertz CT molecular complexity index is 600. The van der Waals surface area contributed by atoms with E-state index in [4.69, 9.17) is 11.6 Å². The maximum absolute atomic E-state index is 12.6. The van der Waals surface area contributed by atoms with Crippen LogP contribution in [0.4, 0.5) is 4.79 Å². The summed E-state index contributed by atoms with van der Waals surface area (Å²) < 4.78 is 0. The van der Waals surface area contributed by atoms with Gasteiger partial charge in [0.05, 0.1) is 7.05 Å². The quantitative estimate of drug-likeness (QED) is 0.796. The Morgan fingerprint density at radius 3 is 2.55 bits per heavy atom. The van der Waals surface area contributed by atoms with E-state index in [0.29, 0.717) is 17.6 Å². The molecule has 118 valence electrons. The number of nitrogens with one attached hydrogen (secondary N) is 2. The summed E-state index contributed by atoms with van der Waals surface area (Å²) in [6.45, 7) is 2.95. The van der Waals surface area contributed by atoms with Gasteiger partial charge in [-0.05, 0) is 37.8 Å². The highest BCUT2D eigenvalue weighted by atomic mass is 35.5. The second kappa shape index (κ2) is 5.56. The van der Waals surface area contributed by atoms with E-state index in [2.05, 4.69) is 5.32 Å². The van der Waals surface area contributed by atoms with Crippen molar-refractivity contribution in [1.29, 1.82) is 0 Å². The predicted molar refractivity (Wildman–Crippen MR) is 83.4 cm³/mol. The fourth-order valence-corrected chi connectivity index (χ4v) is 3.20. The molecule has 0 aromatic heterocycles. The lowest BCUT2D eigenvalue weighted by molar-refractivity contribution is -0.901. The van der Waals surface area contributed by atoms with Gasteiger partial charge in [-0.25, -0.2) is 9.69 Å². The maximum atomic E-state index is 12.6. The fourth-order valence-electron chi connectivity index (χ4n) is 3.07. The Kier molecular flexibility index (Phi) is 3.87. The van der Waals surface area contributed by atoms with Gasteiger partial charge in [0.1, 0.15) is 12.1 Å². The molecule has 3 rings (SSSR count). The number of hydrogen-bond acceptors (Lipinski definition) is 2. The van der Waals surface area contributed by atoms with Crippen LogP contribution in [0.15, 0.2) is 24.3 Å². The van der Waals surface area contributed by atoms with Gasteiger partial charge < -0.3 is 10.2 Å². The molecule has 2 fully saturated rings. The average molecular weight is 323 g/mol. The van der Waals surface area contributed by atoms with E-state index in [1.54, 1.807) is 0 Å². The van der Waals surface area contributed by atoms with Crippen molar-refractivity contribution in [3.8, 4) is 0 Å². The molecule has 2 aliphatic rings. The van der Waals surface area contributed by atoms with Gasteiger partial charge in [-0.3, -0.25) is 4.79 Å². The molecular weight excluding hydrogens is 302 g/mol. The average Bonchev–Trinajstić information content (AvgIpc) is 3.28. The minimum Gasteiger partial charge on any atom is -0.323 e. The number of quaternary nitrogens is 1. The molecule has 1 aliphatic carbocycles. The molecule has 0 bridgehead atoms. The SMILES string of the molecule is C[NH+](Cc1ccc(Cl)cc1)CN1C(=O)N[C@@](C)(C2CC2)C1=O. The summed E-state index contributed by atoms with van der Waals surface area (Å²) >= 11 is 5.88. The van der Waals surface area contributed by atoms with Crippen molar-refractivity contribution in [2.75, 3.05) is 13.7 Å². The minimum absolute atomic E-state index is 0.0875. The van der Waals surface area contributed by atoms with Crippen molar-refractivity contribution in [3.63, 3.8) is 0 Å². The third-order valence-corrected chi connectivity index (χ3v) is 4.79. The number of imide groups is 1. The summed E-state index contributed by atoms with van der Waals surface area (Å²) in [5.41, 5.74) is 0.427. The van der Waals surface area contributed by atoms with Crippen molar-refractivity contribution in [1.82, 2.24) is 10.2 Å². The highest BCUT2D eigenvalue weighted by Gasteiger charge is 2.56. The highest BCUT2D eigenvalue weighted by molar-refractivity contribution is 6.30. The number of rotatable bonds is 5. The molecule has 5 nitrogen and oxygen atoms in total. The molecule has 0 radical (unpaired) electrons. The van der Waals surface area contributed by atoms with Gasteiger partial charge in [0.15, 0.2) is 6.67 Å². The summed E-state index contributed by atoms with van der Waals surface area (Å²) in [6, 6.07) is 7.36. The van der Waals surface area contributed by atoms with E-state index >= 15 is 0 Å². The first kappa shape index (κ1) is 15.3. The van der Waals surface area contributed by atoms with E-state index in [-0.39, 0.29) is 11.9 Å². The van der Waals surface area contributed by atoms with Gasteiger partial charge in [-0.15, -0.1) is 0 Å². The number of carbonyl (C=O) groups is 2. The molecule has 6 heteroatoms. The van der Waals surface area contributed by atoms with Gasteiger partial charge in [0, 0.05) is 10.6 Å². The van der Waals surface area contributed by atoms with Gasteiger partial charge in [-0.1, -0.05) is 23.7 Å². The molecule has 1 saturated carbocycles. The number of benzene rings is 1. The van der Waals surface area contributed by atoms with E-state index < -0.39 is 5.54 Å². The molecular formula is C16H21ClN3O2+. The molecule has 2 atom stereocenters. The van der Waals surface area contributed by atoms with Crippen molar-refractivity contribution in [2.24, 2.45) is 5.92 Å². The second-order valence-corrected chi connectivity index (χ2v) is 6.99. The Hall–Kier alpha value is -1.59. The molecule has 1 heterocycles. The summed E-state index contributed by atoms with van der Waals surface area (Å²) in [6.07, 6.45) is 2.04. The Morgan fingerprint density at radius 1 is 1.32 bits per heavy atom. The lowest BCUT2D eigenvalue weighted by atomic mass is 9.96. The van der Waals surface area contributed by atoms with Crippen molar-refractivity contribution < 1.29 is 14.5 Å². The van der Waals surface area contributed by atoms with Crippen LogP contribution in [0, 0.1) is 5.92 Å². The van der Waals surface area contributed by atoms with Crippen LogP contribution in [0.25, 0.3) is 0 Å². The molecule has 3 amide bonds. The molecule has 1 aromatic carbocycles. The number of carbonyl (C=O) groups excluding carboxylic acids is 2. The summed E-state index contributed by atoms with van der Waals surface area (Å²) in [4.78, 5) is 27.1. The van der Waals surface area contributed by atoms with E-state index in [0.717, 1.165) is 29.8 Å². The number of halogens is 1. The van der Waals surface area contributed by atoms with Gasteiger partial charge in [0.2, 0.25) is 0 Å². The Morgan fingerprint density at radius 2 is 1.95 bits per heavy atom. The number of nitrogens with zero attached hydrogens (tertiary/aromatic N) is 1. The van der Waals surface area contributed by atoms with Crippen LogP contribution >= 0.6 is 11.6 Å². The van der Waals surface area contributed by atoms with Crippen LogP contribution in [-0.2, 0) is 11.3 Å². The highest BCUT2D eigenvalue weighted by Crippen LogP contribution is 2.42. The topological polar surface area (TPSA) is 53.9 Å². The zero-order valence-corrected chi connectivity index (χ0v) is 13.6. The first-order valence-corrected chi connectivity index (χ1v) is 7.98. The van der Waals surface area contributed by atoms with Crippen molar-refractivity contribution in [3.05, 3.63) is 34.9 Å². The number of urea groups is 1. The first-order chi connectivity index (χ1) is 10.4. The zero-order valence-electron chi connectivity index (χ0n) is 12.9.